The summed E-state index contributed by atoms with van der Waals surface area (Å²) in [4.78, 5) is 15.8. The SMILES string of the molecule is CC1(C)C(=O)N(Cc2nc(NN)ccc2Cl)S1(=O)=O. The molecule has 1 amide bonds. The summed E-state index contributed by atoms with van der Waals surface area (Å²) in [7, 11) is -3.65. The lowest BCUT2D eigenvalue weighted by Crippen LogP contribution is -2.66. The zero-order chi connectivity index (χ0) is 14.4. The summed E-state index contributed by atoms with van der Waals surface area (Å²) in [5, 5.41) is 0.270. The van der Waals surface area contributed by atoms with Gasteiger partial charge in [-0.25, -0.2) is 23.5 Å². The number of pyridine rings is 1. The molecule has 0 bridgehead atoms. The van der Waals surface area contributed by atoms with E-state index in [-0.39, 0.29) is 17.3 Å². The zero-order valence-corrected chi connectivity index (χ0v) is 11.9. The fourth-order valence-corrected chi connectivity index (χ4v) is 3.38. The zero-order valence-electron chi connectivity index (χ0n) is 10.3. The van der Waals surface area contributed by atoms with Gasteiger partial charge in [0, 0.05) is 0 Å². The van der Waals surface area contributed by atoms with Crippen LogP contribution in [0.25, 0.3) is 0 Å². The Morgan fingerprint density at radius 1 is 1.47 bits per heavy atom. The standard InChI is InChI=1S/C10H13ClN4O3S/c1-10(2)9(16)15(19(10,17)18)5-7-6(11)3-4-8(13-7)14-12/h3-4H,5,12H2,1-2H3,(H,13,14). The predicted molar refractivity (Wildman–Crippen MR) is 70.6 cm³/mol. The minimum atomic E-state index is -3.65. The third-order valence-electron chi connectivity index (χ3n) is 3.04. The molecule has 0 atom stereocenters. The van der Waals surface area contributed by atoms with Crippen molar-refractivity contribution in [2.75, 3.05) is 5.43 Å². The number of hydrogen-bond donors (Lipinski definition) is 2. The number of nitrogens with two attached hydrogens (primary N) is 1. The van der Waals surface area contributed by atoms with Crippen LogP contribution >= 0.6 is 11.6 Å². The Balaban J connectivity index is 2.31. The highest BCUT2D eigenvalue weighted by Gasteiger charge is 2.60. The monoisotopic (exact) mass is 304 g/mol. The van der Waals surface area contributed by atoms with Crippen molar-refractivity contribution in [2.45, 2.75) is 25.1 Å². The summed E-state index contributed by atoms with van der Waals surface area (Å²) in [6.45, 7) is 2.54. The molecular formula is C10H13ClN4O3S. The number of carbonyl (C=O) groups is 1. The van der Waals surface area contributed by atoms with E-state index in [1.165, 1.54) is 19.9 Å². The second-order valence-electron chi connectivity index (χ2n) is 4.60. The maximum atomic E-state index is 11.9. The maximum absolute atomic E-state index is 11.9. The van der Waals surface area contributed by atoms with Crippen molar-refractivity contribution in [3.63, 3.8) is 0 Å². The van der Waals surface area contributed by atoms with E-state index < -0.39 is 20.7 Å². The molecule has 0 unspecified atom stereocenters. The molecule has 1 saturated heterocycles. The van der Waals surface area contributed by atoms with Crippen molar-refractivity contribution in [2.24, 2.45) is 5.84 Å². The number of nitrogens with one attached hydrogen (secondary N) is 1. The van der Waals surface area contributed by atoms with Gasteiger partial charge in [0.15, 0.2) is 4.75 Å². The second kappa shape index (κ2) is 4.32. The fourth-order valence-electron chi connectivity index (χ4n) is 1.72. The van der Waals surface area contributed by atoms with Gasteiger partial charge in [0.1, 0.15) is 5.82 Å². The molecule has 2 heterocycles. The Labute approximate surface area is 115 Å². The summed E-state index contributed by atoms with van der Waals surface area (Å²) in [6, 6.07) is 3.07. The van der Waals surface area contributed by atoms with Gasteiger partial charge in [0.2, 0.25) is 0 Å². The van der Waals surface area contributed by atoms with E-state index in [1.54, 1.807) is 6.07 Å². The van der Waals surface area contributed by atoms with Crippen molar-refractivity contribution in [3.8, 4) is 0 Å². The molecule has 0 spiro atoms. The molecule has 1 aliphatic heterocycles. The number of nitrogen functional groups attached to an aromatic ring is 1. The first kappa shape index (κ1) is 14.0. The molecule has 0 radical (unpaired) electrons. The quantitative estimate of drug-likeness (QED) is 0.621. The van der Waals surface area contributed by atoms with Gasteiger partial charge in [-0.15, -0.1) is 0 Å². The largest absolute Gasteiger partial charge is 0.308 e. The number of hydrogen-bond acceptors (Lipinski definition) is 6. The number of anilines is 1. The molecule has 1 aromatic rings. The van der Waals surface area contributed by atoms with Gasteiger partial charge < -0.3 is 5.43 Å². The molecule has 0 aliphatic carbocycles. The van der Waals surface area contributed by atoms with E-state index >= 15 is 0 Å². The van der Waals surface area contributed by atoms with E-state index in [2.05, 4.69) is 10.4 Å². The number of hydrazine groups is 1. The van der Waals surface area contributed by atoms with E-state index in [4.69, 9.17) is 17.4 Å². The molecule has 3 N–H and O–H groups in total. The molecule has 1 aliphatic rings. The summed E-state index contributed by atoms with van der Waals surface area (Å²) in [6.07, 6.45) is 0. The summed E-state index contributed by atoms with van der Waals surface area (Å²) in [5.41, 5.74) is 2.60. The van der Waals surface area contributed by atoms with Crippen LogP contribution in [0.1, 0.15) is 19.5 Å². The Bertz CT molecular complexity index is 644. The van der Waals surface area contributed by atoms with Gasteiger partial charge in [-0.1, -0.05) is 11.6 Å². The lowest BCUT2D eigenvalue weighted by Gasteiger charge is -2.42. The van der Waals surface area contributed by atoms with E-state index in [0.717, 1.165) is 4.31 Å². The number of halogens is 1. The van der Waals surface area contributed by atoms with Gasteiger partial charge >= 0.3 is 0 Å². The van der Waals surface area contributed by atoms with Crippen LogP contribution in [-0.2, 0) is 21.4 Å². The molecule has 104 valence electrons. The third kappa shape index (κ3) is 1.96. The predicted octanol–water partition coefficient (Wildman–Crippen LogP) is 0.471. The average molecular weight is 305 g/mol. The van der Waals surface area contributed by atoms with E-state index in [0.29, 0.717) is 5.82 Å². The Morgan fingerprint density at radius 3 is 2.63 bits per heavy atom. The maximum Gasteiger partial charge on any atom is 0.259 e. The lowest BCUT2D eigenvalue weighted by atomic mass is 10.2. The van der Waals surface area contributed by atoms with Crippen molar-refractivity contribution in [3.05, 3.63) is 22.8 Å². The molecule has 1 fully saturated rings. The highest BCUT2D eigenvalue weighted by molar-refractivity contribution is 7.94. The number of sulfonamides is 1. The Hall–Kier alpha value is -1.38. The van der Waals surface area contributed by atoms with E-state index in [1.807, 2.05) is 0 Å². The van der Waals surface area contributed by atoms with Crippen LogP contribution < -0.4 is 11.3 Å². The topological polar surface area (TPSA) is 105 Å². The van der Waals surface area contributed by atoms with Crippen LogP contribution in [0.3, 0.4) is 0 Å². The minimum Gasteiger partial charge on any atom is -0.308 e. The van der Waals surface area contributed by atoms with Crippen LogP contribution in [0.15, 0.2) is 12.1 Å². The minimum absolute atomic E-state index is 0.195. The normalized spacial score (nSPS) is 20.0. The third-order valence-corrected chi connectivity index (χ3v) is 5.72. The van der Waals surface area contributed by atoms with Crippen LogP contribution in [-0.4, -0.2) is 28.4 Å². The average Bonchev–Trinajstić information content (AvgIpc) is 2.36. The van der Waals surface area contributed by atoms with E-state index in [9.17, 15) is 13.2 Å². The second-order valence-corrected chi connectivity index (χ2v) is 7.42. The highest BCUT2D eigenvalue weighted by atomic mass is 35.5. The van der Waals surface area contributed by atoms with Crippen LogP contribution in [0, 0.1) is 0 Å². The summed E-state index contributed by atoms with van der Waals surface area (Å²) in [5.74, 6) is 5.08. The van der Waals surface area contributed by atoms with Gasteiger partial charge in [-0.05, 0) is 26.0 Å². The molecule has 0 saturated carbocycles. The Morgan fingerprint density at radius 2 is 2.11 bits per heavy atom. The van der Waals surface area contributed by atoms with Gasteiger partial charge in [0.05, 0.1) is 17.3 Å². The van der Waals surface area contributed by atoms with Crippen LogP contribution in [0.2, 0.25) is 5.02 Å². The van der Waals surface area contributed by atoms with Crippen LogP contribution in [0.5, 0.6) is 0 Å². The smallest absolute Gasteiger partial charge is 0.259 e. The number of nitrogens with zero attached hydrogens (tertiary/aromatic N) is 2. The first-order valence-electron chi connectivity index (χ1n) is 5.40. The first-order valence-corrected chi connectivity index (χ1v) is 7.22. The summed E-state index contributed by atoms with van der Waals surface area (Å²) >= 11 is 5.93. The summed E-state index contributed by atoms with van der Waals surface area (Å²) < 4.78 is 23.3. The highest BCUT2D eigenvalue weighted by Crippen LogP contribution is 2.36. The van der Waals surface area contributed by atoms with Gasteiger partial charge in [-0.2, -0.15) is 0 Å². The lowest BCUT2D eigenvalue weighted by molar-refractivity contribution is -0.132. The van der Waals surface area contributed by atoms with Crippen molar-refractivity contribution in [1.82, 2.24) is 9.29 Å². The van der Waals surface area contributed by atoms with Crippen LogP contribution in [0.4, 0.5) is 5.82 Å². The molecule has 0 aromatic carbocycles. The Kier molecular flexibility index (Phi) is 3.20. The molecular weight excluding hydrogens is 292 g/mol. The van der Waals surface area contributed by atoms with Crippen molar-refractivity contribution >= 4 is 33.3 Å². The first-order chi connectivity index (χ1) is 8.71. The molecule has 2 rings (SSSR count). The number of carbonyl (C=O) groups excluding carboxylic acids is 1. The number of rotatable bonds is 3. The molecule has 9 heteroatoms. The molecule has 1 aromatic heterocycles. The van der Waals surface area contributed by atoms with Gasteiger partial charge in [-0.3, -0.25) is 4.79 Å². The van der Waals surface area contributed by atoms with Gasteiger partial charge in [0.25, 0.3) is 15.9 Å². The fraction of sp³-hybridized carbons (Fsp3) is 0.400. The number of aromatic nitrogens is 1. The van der Waals surface area contributed by atoms with Crippen molar-refractivity contribution in [1.29, 1.82) is 0 Å². The molecule has 19 heavy (non-hydrogen) atoms. The van der Waals surface area contributed by atoms with Crippen molar-refractivity contribution < 1.29 is 13.2 Å². The molecule has 7 nitrogen and oxygen atoms in total. The number of amides is 1.